The smallest absolute Gasteiger partial charge is 0.279 e. The maximum atomic E-state index is 13.6. The normalized spacial score (nSPS) is 17.1. The molecule has 0 aromatic heterocycles. The fourth-order valence-electron chi connectivity index (χ4n) is 2.90. The van der Waals surface area contributed by atoms with Crippen LogP contribution in [-0.2, 0) is 4.79 Å². The first kappa shape index (κ1) is 17.2. The first-order valence-electron chi connectivity index (χ1n) is 8.06. The first-order chi connectivity index (χ1) is 12.0. The van der Waals surface area contributed by atoms with Gasteiger partial charge in [0.15, 0.2) is 24.0 Å². The highest BCUT2D eigenvalue weighted by atomic mass is 19.2. The second-order valence-corrected chi connectivity index (χ2v) is 6.00. The standard InChI is InChI=1S/C19H17F3N2O/c20-15-6-7-16(19(22)18(15)21)23-17(25)12-24-10-8-14(9-11-24)13-4-2-1-3-5-13/h1-8H,9-12H2,(H,23,25)/p+1. The summed E-state index contributed by atoms with van der Waals surface area (Å²) < 4.78 is 39.7. The van der Waals surface area contributed by atoms with Gasteiger partial charge in [0.2, 0.25) is 0 Å². The van der Waals surface area contributed by atoms with Crippen molar-refractivity contribution < 1.29 is 22.9 Å². The number of carbonyl (C=O) groups is 1. The van der Waals surface area contributed by atoms with E-state index in [2.05, 4.69) is 23.5 Å². The van der Waals surface area contributed by atoms with Crippen molar-refractivity contribution in [3.63, 3.8) is 0 Å². The van der Waals surface area contributed by atoms with E-state index in [1.54, 1.807) is 0 Å². The summed E-state index contributed by atoms with van der Waals surface area (Å²) in [5, 5.41) is 2.31. The molecule has 0 aliphatic carbocycles. The van der Waals surface area contributed by atoms with Gasteiger partial charge in [-0.05, 0) is 29.3 Å². The van der Waals surface area contributed by atoms with Gasteiger partial charge in [-0.1, -0.05) is 30.3 Å². The van der Waals surface area contributed by atoms with Gasteiger partial charge in [-0.25, -0.2) is 13.2 Å². The molecule has 0 saturated carbocycles. The predicted molar refractivity (Wildman–Crippen MR) is 89.5 cm³/mol. The Morgan fingerprint density at radius 3 is 2.48 bits per heavy atom. The van der Waals surface area contributed by atoms with E-state index in [9.17, 15) is 18.0 Å². The van der Waals surface area contributed by atoms with E-state index in [-0.39, 0.29) is 12.2 Å². The van der Waals surface area contributed by atoms with Crippen LogP contribution in [0.3, 0.4) is 0 Å². The van der Waals surface area contributed by atoms with Gasteiger partial charge >= 0.3 is 0 Å². The fraction of sp³-hybridized carbons (Fsp3) is 0.211. The highest BCUT2D eigenvalue weighted by Crippen LogP contribution is 2.20. The maximum Gasteiger partial charge on any atom is 0.279 e. The average molecular weight is 347 g/mol. The number of anilines is 1. The van der Waals surface area contributed by atoms with Gasteiger partial charge < -0.3 is 10.2 Å². The number of hydrogen-bond acceptors (Lipinski definition) is 1. The number of rotatable bonds is 4. The van der Waals surface area contributed by atoms with Crippen LogP contribution in [0.5, 0.6) is 0 Å². The molecular weight excluding hydrogens is 329 g/mol. The van der Waals surface area contributed by atoms with E-state index in [0.29, 0.717) is 6.54 Å². The summed E-state index contributed by atoms with van der Waals surface area (Å²) >= 11 is 0. The number of hydrogen-bond donors (Lipinski definition) is 2. The van der Waals surface area contributed by atoms with Gasteiger partial charge in [-0.3, -0.25) is 4.79 Å². The van der Waals surface area contributed by atoms with Crippen molar-refractivity contribution in [2.24, 2.45) is 0 Å². The molecule has 0 radical (unpaired) electrons. The predicted octanol–water partition coefficient (Wildman–Crippen LogP) is 2.41. The van der Waals surface area contributed by atoms with Crippen molar-refractivity contribution >= 4 is 17.2 Å². The molecule has 1 heterocycles. The van der Waals surface area contributed by atoms with Crippen LogP contribution in [0.1, 0.15) is 12.0 Å². The number of benzene rings is 2. The third kappa shape index (κ3) is 4.09. The minimum atomic E-state index is -1.58. The molecule has 0 fully saturated rings. The lowest BCUT2D eigenvalue weighted by Gasteiger charge is -2.23. The topological polar surface area (TPSA) is 33.5 Å². The Bertz CT molecular complexity index is 806. The molecular formula is C19H18F3N2O+. The van der Waals surface area contributed by atoms with Gasteiger partial charge in [-0.2, -0.15) is 0 Å². The van der Waals surface area contributed by atoms with Crippen molar-refractivity contribution in [2.45, 2.75) is 6.42 Å². The van der Waals surface area contributed by atoms with E-state index in [4.69, 9.17) is 0 Å². The molecule has 25 heavy (non-hydrogen) atoms. The Morgan fingerprint density at radius 2 is 1.80 bits per heavy atom. The zero-order valence-corrected chi connectivity index (χ0v) is 13.5. The maximum absolute atomic E-state index is 13.6. The van der Waals surface area contributed by atoms with Crippen molar-refractivity contribution in [2.75, 3.05) is 25.0 Å². The van der Waals surface area contributed by atoms with Crippen LogP contribution in [0.4, 0.5) is 18.9 Å². The largest absolute Gasteiger partial charge is 0.324 e. The molecule has 0 bridgehead atoms. The number of halogens is 3. The summed E-state index contributed by atoms with van der Waals surface area (Å²) in [6.07, 6.45) is 2.94. The average Bonchev–Trinajstić information content (AvgIpc) is 2.63. The summed E-state index contributed by atoms with van der Waals surface area (Å²) in [6, 6.07) is 11.8. The number of nitrogens with one attached hydrogen (secondary N) is 2. The summed E-state index contributed by atoms with van der Waals surface area (Å²) in [4.78, 5) is 13.1. The van der Waals surface area contributed by atoms with Crippen LogP contribution in [-0.4, -0.2) is 25.5 Å². The summed E-state index contributed by atoms with van der Waals surface area (Å²) in [7, 11) is 0. The number of quaternary nitrogens is 1. The Balaban J connectivity index is 1.58. The molecule has 6 heteroatoms. The SMILES string of the molecule is O=C(C[NH+]1CC=C(c2ccccc2)CC1)Nc1ccc(F)c(F)c1F. The van der Waals surface area contributed by atoms with Crippen molar-refractivity contribution in [3.05, 3.63) is 71.6 Å². The zero-order valence-electron chi connectivity index (χ0n) is 13.5. The first-order valence-corrected chi connectivity index (χ1v) is 8.06. The molecule has 1 atom stereocenters. The van der Waals surface area contributed by atoms with Gasteiger partial charge in [0, 0.05) is 6.42 Å². The second-order valence-electron chi connectivity index (χ2n) is 6.00. The lowest BCUT2D eigenvalue weighted by Crippen LogP contribution is -3.13. The Kier molecular flexibility index (Phi) is 5.19. The molecule has 1 aliphatic heterocycles. The Morgan fingerprint density at radius 1 is 1.04 bits per heavy atom. The van der Waals surface area contributed by atoms with Crippen LogP contribution in [0.25, 0.3) is 5.57 Å². The lowest BCUT2D eigenvalue weighted by molar-refractivity contribution is -0.886. The molecule has 2 aromatic rings. The zero-order chi connectivity index (χ0) is 17.8. The van der Waals surface area contributed by atoms with E-state index < -0.39 is 23.4 Å². The quantitative estimate of drug-likeness (QED) is 0.819. The molecule has 3 rings (SSSR count). The molecule has 0 saturated heterocycles. The third-order valence-corrected chi connectivity index (χ3v) is 4.25. The van der Waals surface area contributed by atoms with E-state index in [1.165, 1.54) is 11.1 Å². The number of carbonyl (C=O) groups excluding carboxylic acids is 1. The van der Waals surface area contributed by atoms with E-state index in [0.717, 1.165) is 30.0 Å². The highest BCUT2D eigenvalue weighted by molar-refractivity contribution is 5.91. The van der Waals surface area contributed by atoms with E-state index in [1.807, 2.05) is 18.2 Å². The molecule has 2 aromatic carbocycles. The molecule has 1 aliphatic rings. The Labute approximate surface area is 143 Å². The fourth-order valence-corrected chi connectivity index (χ4v) is 2.90. The minimum Gasteiger partial charge on any atom is -0.324 e. The lowest BCUT2D eigenvalue weighted by atomic mass is 10.00. The summed E-state index contributed by atoms with van der Waals surface area (Å²) in [6.45, 7) is 1.59. The molecule has 2 N–H and O–H groups in total. The van der Waals surface area contributed by atoms with Crippen LogP contribution < -0.4 is 10.2 Å². The van der Waals surface area contributed by atoms with Crippen LogP contribution in [0.2, 0.25) is 0 Å². The molecule has 1 unspecified atom stereocenters. The van der Waals surface area contributed by atoms with Crippen LogP contribution in [0.15, 0.2) is 48.5 Å². The van der Waals surface area contributed by atoms with Crippen molar-refractivity contribution in [1.82, 2.24) is 0 Å². The van der Waals surface area contributed by atoms with Gasteiger partial charge in [0.1, 0.15) is 0 Å². The van der Waals surface area contributed by atoms with Crippen LogP contribution >= 0.6 is 0 Å². The molecule has 0 spiro atoms. The molecule has 1 amide bonds. The summed E-state index contributed by atoms with van der Waals surface area (Å²) in [5.74, 6) is -4.68. The monoisotopic (exact) mass is 347 g/mol. The van der Waals surface area contributed by atoms with Gasteiger partial charge in [-0.15, -0.1) is 0 Å². The minimum absolute atomic E-state index is 0.136. The van der Waals surface area contributed by atoms with Crippen LogP contribution in [0, 0.1) is 17.5 Å². The summed E-state index contributed by atoms with van der Waals surface area (Å²) in [5.41, 5.74) is 2.08. The van der Waals surface area contributed by atoms with Gasteiger partial charge in [0.25, 0.3) is 5.91 Å². The molecule has 130 valence electrons. The molecule has 3 nitrogen and oxygen atoms in total. The number of amides is 1. The van der Waals surface area contributed by atoms with Crippen molar-refractivity contribution in [1.29, 1.82) is 0 Å². The Hall–Kier alpha value is -2.60. The van der Waals surface area contributed by atoms with E-state index >= 15 is 0 Å². The van der Waals surface area contributed by atoms with Crippen molar-refractivity contribution in [3.8, 4) is 0 Å². The van der Waals surface area contributed by atoms with Gasteiger partial charge in [0.05, 0.1) is 18.8 Å². The highest BCUT2D eigenvalue weighted by Gasteiger charge is 2.21. The second kappa shape index (κ2) is 7.53. The third-order valence-electron chi connectivity index (χ3n) is 4.25.